The zero-order valence-electron chi connectivity index (χ0n) is 13.1. The summed E-state index contributed by atoms with van der Waals surface area (Å²) < 4.78 is 5.65. The number of ether oxygens (including phenoxy) is 1. The molecule has 0 bridgehead atoms. The van der Waals surface area contributed by atoms with E-state index in [4.69, 9.17) is 4.74 Å². The van der Waals surface area contributed by atoms with Gasteiger partial charge in [-0.15, -0.1) is 0 Å². The standard InChI is InChI=1S/C17H28N2O/c1-4-18-11-9-15-5-7-16(8-6-15)13-19(3)17-10-12-20-14(17)2/h5-8,14,17-18H,4,9-13H2,1-3H3. The predicted octanol–water partition coefficient (Wildman–Crippen LogP) is 2.45. The number of nitrogens with zero attached hydrogens (tertiary/aromatic N) is 1. The second kappa shape index (κ2) is 7.77. The molecule has 0 amide bonds. The van der Waals surface area contributed by atoms with Crippen molar-refractivity contribution >= 4 is 0 Å². The van der Waals surface area contributed by atoms with Crippen LogP contribution in [0.5, 0.6) is 0 Å². The van der Waals surface area contributed by atoms with Crippen molar-refractivity contribution in [3.05, 3.63) is 35.4 Å². The highest BCUT2D eigenvalue weighted by Crippen LogP contribution is 2.20. The van der Waals surface area contributed by atoms with Crippen molar-refractivity contribution in [1.29, 1.82) is 0 Å². The van der Waals surface area contributed by atoms with Crippen molar-refractivity contribution in [2.75, 3.05) is 26.7 Å². The summed E-state index contributed by atoms with van der Waals surface area (Å²) in [6.07, 6.45) is 2.62. The first-order valence-corrected chi connectivity index (χ1v) is 7.81. The molecule has 1 aromatic carbocycles. The number of nitrogens with one attached hydrogen (secondary N) is 1. The highest BCUT2D eigenvalue weighted by Gasteiger charge is 2.27. The summed E-state index contributed by atoms with van der Waals surface area (Å²) in [7, 11) is 2.20. The third kappa shape index (κ3) is 4.30. The predicted molar refractivity (Wildman–Crippen MR) is 84.0 cm³/mol. The lowest BCUT2D eigenvalue weighted by atomic mass is 10.1. The molecule has 3 nitrogen and oxygen atoms in total. The van der Waals surface area contributed by atoms with Gasteiger partial charge in [-0.05, 0) is 51.0 Å². The summed E-state index contributed by atoms with van der Waals surface area (Å²) >= 11 is 0. The molecule has 2 atom stereocenters. The number of likely N-dealkylation sites (N-methyl/N-ethyl adjacent to an activating group) is 2. The maximum Gasteiger partial charge on any atom is 0.0703 e. The first kappa shape index (κ1) is 15.5. The first-order chi connectivity index (χ1) is 9.70. The van der Waals surface area contributed by atoms with Gasteiger partial charge in [0.05, 0.1) is 6.10 Å². The van der Waals surface area contributed by atoms with Gasteiger partial charge in [-0.1, -0.05) is 31.2 Å². The van der Waals surface area contributed by atoms with Gasteiger partial charge in [0.25, 0.3) is 0 Å². The fourth-order valence-electron chi connectivity index (χ4n) is 2.93. The lowest BCUT2D eigenvalue weighted by molar-refractivity contribution is 0.0814. The van der Waals surface area contributed by atoms with Crippen LogP contribution < -0.4 is 5.32 Å². The van der Waals surface area contributed by atoms with Crippen LogP contribution in [0.3, 0.4) is 0 Å². The molecule has 3 heteroatoms. The highest BCUT2D eigenvalue weighted by atomic mass is 16.5. The smallest absolute Gasteiger partial charge is 0.0703 e. The number of rotatable bonds is 7. The Labute approximate surface area is 123 Å². The minimum atomic E-state index is 0.361. The average molecular weight is 276 g/mol. The topological polar surface area (TPSA) is 24.5 Å². The monoisotopic (exact) mass is 276 g/mol. The van der Waals surface area contributed by atoms with Crippen molar-refractivity contribution in [3.63, 3.8) is 0 Å². The lowest BCUT2D eigenvalue weighted by Crippen LogP contribution is -2.36. The second-order valence-electron chi connectivity index (χ2n) is 5.77. The zero-order valence-corrected chi connectivity index (χ0v) is 13.1. The van der Waals surface area contributed by atoms with Crippen LogP contribution in [0.25, 0.3) is 0 Å². The maximum absolute atomic E-state index is 5.65. The molecule has 2 rings (SSSR count). The van der Waals surface area contributed by atoms with E-state index in [-0.39, 0.29) is 0 Å². The normalized spacial score (nSPS) is 22.6. The van der Waals surface area contributed by atoms with E-state index in [9.17, 15) is 0 Å². The summed E-state index contributed by atoms with van der Waals surface area (Å²) in [4.78, 5) is 2.42. The molecular formula is C17H28N2O. The van der Waals surface area contributed by atoms with Gasteiger partial charge in [-0.25, -0.2) is 0 Å². The third-order valence-electron chi connectivity index (χ3n) is 4.20. The summed E-state index contributed by atoms with van der Waals surface area (Å²) in [5.74, 6) is 0. The Hall–Kier alpha value is -0.900. The van der Waals surface area contributed by atoms with Gasteiger partial charge >= 0.3 is 0 Å². The number of benzene rings is 1. The molecule has 1 aliphatic heterocycles. The van der Waals surface area contributed by atoms with Crippen molar-refractivity contribution in [2.45, 2.75) is 45.4 Å². The Morgan fingerprint density at radius 2 is 1.95 bits per heavy atom. The molecule has 1 N–H and O–H groups in total. The number of hydrogen-bond acceptors (Lipinski definition) is 3. The number of hydrogen-bond donors (Lipinski definition) is 1. The molecule has 1 saturated heterocycles. The van der Waals surface area contributed by atoms with Gasteiger partial charge in [0, 0.05) is 19.2 Å². The van der Waals surface area contributed by atoms with Crippen molar-refractivity contribution in [2.24, 2.45) is 0 Å². The molecule has 0 radical (unpaired) electrons. The minimum absolute atomic E-state index is 0.361. The van der Waals surface area contributed by atoms with E-state index in [2.05, 4.69) is 55.4 Å². The van der Waals surface area contributed by atoms with Crippen LogP contribution in [-0.2, 0) is 17.7 Å². The van der Waals surface area contributed by atoms with Crippen LogP contribution in [0, 0.1) is 0 Å². The van der Waals surface area contributed by atoms with Gasteiger partial charge in [-0.3, -0.25) is 4.90 Å². The van der Waals surface area contributed by atoms with Gasteiger partial charge in [0.15, 0.2) is 0 Å². The Bertz CT molecular complexity index is 390. The Morgan fingerprint density at radius 3 is 2.55 bits per heavy atom. The lowest BCUT2D eigenvalue weighted by Gasteiger charge is -2.26. The van der Waals surface area contributed by atoms with Crippen molar-refractivity contribution in [3.8, 4) is 0 Å². The Morgan fingerprint density at radius 1 is 1.25 bits per heavy atom. The van der Waals surface area contributed by atoms with Crippen LogP contribution >= 0.6 is 0 Å². The summed E-state index contributed by atoms with van der Waals surface area (Å²) in [6, 6.07) is 9.60. The van der Waals surface area contributed by atoms with Crippen LogP contribution in [0.1, 0.15) is 31.4 Å². The van der Waals surface area contributed by atoms with E-state index in [1.54, 1.807) is 0 Å². The first-order valence-electron chi connectivity index (χ1n) is 7.81. The van der Waals surface area contributed by atoms with Gasteiger partial charge in [0.1, 0.15) is 0 Å². The molecule has 1 aromatic rings. The van der Waals surface area contributed by atoms with E-state index in [0.29, 0.717) is 12.1 Å². The molecule has 1 fully saturated rings. The van der Waals surface area contributed by atoms with Gasteiger partial charge < -0.3 is 10.1 Å². The maximum atomic E-state index is 5.65. The highest BCUT2D eigenvalue weighted by molar-refractivity contribution is 5.22. The largest absolute Gasteiger partial charge is 0.377 e. The molecule has 0 spiro atoms. The van der Waals surface area contributed by atoms with E-state index >= 15 is 0 Å². The minimum Gasteiger partial charge on any atom is -0.377 e. The third-order valence-corrected chi connectivity index (χ3v) is 4.20. The van der Waals surface area contributed by atoms with Gasteiger partial charge in [0.2, 0.25) is 0 Å². The zero-order chi connectivity index (χ0) is 14.4. The summed E-state index contributed by atoms with van der Waals surface area (Å²) in [5.41, 5.74) is 2.80. The van der Waals surface area contributed by atoms with Crippen LogP contribution in [0.15, 0.2) is 24.3 Å². The molecule has 112 valence electrons. The summed E-state index contributed by atoms with van der Waals surface area (Å²) in [5, 5.41) is 3.36. The van der Waals surface area contributed by atoms with Crippen LogP contribution in [0.2, 0.25) is 0 Å². The van der Waals surface area contributed by atoms with Crippen LogP contribution in [-0.4, -0.2) is 43.8 Å². The second-order valence-corrected chi connectivity index (χ2v) is 5.77. The SMILES string of the molecule is CCNCCc1ccc(CN(C)C2CCOC2C)cc1. The van der Waals surface area contributed by atoms with E-state index in [1.165, 1.54) is 11.1 Å². The summed E-state index contributed by atoms with van der Waals surface area (Å²) in [6.45, 7) is 8.34. The molecule has 2 unspecified atom stereocenters. The van der Waals surface area contributed by atoms with Crippen molar-refractivity contribution in [1.82, 2.24) is 10.2 Å². The Kier molecular flexibility index (Phi) is 6.02. The quantitative estimate of drug-likeness (QED) is 0.774. The fourth-order valence-corrected chi connectivity index (χ4v) is 2.93. The van der Waals surface area contributed by atoms with E-state index in [1.807, 2.05) is 0 Å². The molecule has 1 aliphatic rings. The molecule has 20 heavy (non-hydrogen) atoms. The Balaban J connectivity index is 1.83. The average Bonchev–Trinajstić information content (AvgIpc) is 2.87. The fraction of sp³-hybridized carbons (Fsp3) is 0.647. The van der Waals surface area contributed by atoms with E-state index in [0.717, 1.165) is 39.1 Å². The molecular weight excluding hydrogens is 248 g/mol. The molecule has 0 aromatic heterocycles. The van der Waals surface area contributed by atoms with E-state index < -0.39 is 0 Å². The van der Waals surface area contributed by atoms with Gasteiger partial charge in [-0.2, -0.15) is 0 Å². The molecule has 0 saturated carbocycles. The molecule has 1 heterocycles. The molecule has 0 aliphatic carbocycles. The van der Waals surface area contributed by atoms with Crippen molar-refractivity contribution < 1.29 is 4.74 Å². The van der Waals surface area contributed by atoms with Crippen LogP contribution in [0.4, 0.5) is 0 Å².